The summed E-state index contributed by atoms with van der Waals surface area (Å²) in [6.07, 6.45) is -3.34. The van der Waals surface area contributed by atoms with Crippen LogP contribution in [0.25, 0.3) is 0 Å². The Morgan fingerprint density at radius 2 is 1.96 bits per heavy atom. The Kier molecular flexibility index (Phi) is 5.67. The first-order valence-electron chi connectivity index (χ1n) is 8.56. The Balaban J connectivity index is 2.29. The second-order valence-corrected chi connectivity index (χ2v) is 7.09. The molecule has 0 saturated carbocycles. The molecule has 1 aliphatic heterocycles. The monoisotopic (exact) mass is 375 g/mol. The zero-order chi connectivity index (χ0) is 19.8. The van der Waals surface area contributed by atoms with E-state index in [1.54, 1.807) is 13.8 Å². The van der Waals surface area contributed by atoms with Crippen molar-refractivity contribution in [3.05, 3.63) is 17.0 Å². The zero-order valence-corrected chi connectivity index (χ0v) is 15.3. The maximum absolute atomic E-state index is 12.9. The number of carboxylic acid groups (broad SMARTS) is 1. The van der Waals surface area contributed by atoms with Gasteiger partial charge in [-0.05, 0) is 39.5 Å². The van der Waals surface area contributed by atoms with Gasteiger partial charge in [-0.1, -0.05) is 6.92 Å². The Morgan fingerprint density at radius 1 is 1.35 bits per heavy atom. The number of carbonyl (C=O) groups is 2. The van der Waals surface area contributed by atoms with Crippen molar-refractivity contribution in [2.45, 2.75) is 65.2 Å². The van der Waals surface area contributed by atoms with Crippen molar-refractivity contribution in [2.75, 3.05) is 6.54 Å². The molecule has 146 valence electrons. The third kappa shape index (κ3) is 4.19. The van der Waals surface area contributed by atoms with Crippen molar-refractivity contribution in [3.8, 4) is 0 Å². The number of carboxylic acids is 1. The molecule has 1 N–H and O–H groups in total. The molecule has 1 amide bonds. The molecule has 1 aromatic heterocycles. The highest BCUT2D eigenvalue weighted by Crippen LogP contribution is 2.31. The molecule has 1 saturated heterocycles. The summed E-state index contributed by atoms with van der Waals surface area (Å²) in [6, 6.07) is -0.903. The van der Waals surface area contributed by atoms with Crippen LogP contribution in [0.3, 0.4) is 0 Å². The molecule has 3 unspecified atom stereocenters. The lowest BCUT2D eigenvalue weighted by Crippen LogP contribution is -2.51. The van der Waals surface area contributed by atoms with Gasteiger partial charge in [0.2, 0.25) is 5.91 Å². The minimum atomic E-state index is -4.41. The standard InChI is InChI=1S/C17H24F3N3O3/c1-9-5-6-22(13(7-9)16(25)26)15(24)10(2)14-11(3)21-23(12(14)4)8-17(18,19)20/h9-10,13H,5-8H2,1-4H3,(H,25,26). The van der Waals surface area contributed by atoms with Gasteiger partial charge in [0.05, 0.1) is 11.6 Å². The molecule has 0 spiro atoms. The van der Waals surface area contributed by atoms with Gasteiger partial charge in [0.1, 0.15) is 12.6 Å². The second kappa shape index (κ2) is 7.28. The van der Waals surface area contributed by atoms with Crippen molar-refractivity contribution in [3.63, 3.8) is 0 Å². The van der Waals surface area contributed by atoms with Crippen molar-refractivity contribution >= 4 is 11.9 Å². The summed E-state index contributed by atoms with van der Waals surface area (Å²) >= 11 is 0. The van der Waals surface area contributed by atoms with E-state index in [-0.39, 0.29) is 17.5 Å². The first-order valence-corrected chi connectivity index (χ1v) is 8.56. The minimum absolute atomic E-state index is 0.202. The van der Waals surface area contributed by atoms with Crippen molar-refractivity contribution in [1.29, 1.82) is 0 Å². The molecule has 1 aromatic rings. The molecule has 3 atom stereocenters. The molecule has 2 rings (SSSR count). The SMILES string of the molecule is Cc1nn(CC(F)(F)F)c(C)c1C(C)C(=O)N1CCC(C)CC1C(=O)O. The largest absolute Gasteiger partial charge is 0.480 e. The van der Waals surface area contributed by atoms with Gasteiger partial charge in [-0.3, -0.25) is 9.48 Å². The highest BCUT2D eigenvalue weighted by molar-refractivity contribution is 5.88. The van der Waals surface area contributed by atoms with E-state index in [0.717, 1.165) is 4.68 Å². The zero-order valence-electron chi connectivity index (χ0n) is 15.3. The van der Waals surface area contributed by atoms with Crippen LogP contribution in [0.15, 0.2) is 0 Å². The summed E-state index contributed by atoms with van der Waals surface area (Å²) in [7, 11) is 0. The molecule has 2 heterocycles. The third-order valence-electron chi connectivity index (χ3n) is 5.00. The molecule has 26 heavy (non-hydrogen) atoms. The number of amides is 1. The summed E-state index contributed by atoms with van der Waals surface area (Å²) in [6.45, 7) is 5.70. The Bertz CT molecular complexity index is 699. The first-order chi connectivity index (χ1) is 11.9. The van der Waals surface area contributed by atoms with Gasteiger partial charge < -0.3 is 10.0 Å². The molecule has 0 aliphatic carbocycles. The van der Waals surface area contributed by atoms with Crippen LogP contribution < -0.4 is 0 Å². The average molecular weight is 375 g/mol. The third-order valence-corrected chi connectivity index (χ3v) is 5.00. The van der Waals surface area contributed by atoms with Crippen molar-refractivity contribution < 1.29 is 27.9 Å². The van der Waals surface area contributed by atoms with Gasteiger partial charge >= 0.3 is 12.1 Å². The molecule has 6 nitrogen and oxygen atoms in total. The van der Waals surface area contributed by atoms with Gasteiger partial charge in [-0.15, -0.1) is 0 Å². The first kappa shape index (κ1) is 20.3. The highest BCUT2D eigenvalue weighted by Gasteiger charge is 2.38. The second-order valence-electron chi connectivity index (χ2n) is 7.09. The number of halogens is 3. The summed E-state index contributed by atoms with van der Waals surface area (Å²) in [4.78, 5) is 25.8. The number of likely N-dealkylation sites (tertiary alicyclic amines) is 1. The number of nitrogens with zero attached hydrogens (tertiary/aromatic N) is 3. The van der Waals surface area contributed by atoms with E-state index < -0.39 is 30.7 Å². The van der Waals surface area contributed by atoms with Gasteiger partial charge in [0.25, 0.3) is 0 Å². The van der Waals surface area contributed by atoms with Crippen LogP contribution in [-0.4, -0.2) is 50.4 Å². The van der Waals surface area contributed by atoms with Crippen molar-refractivity contribution in [2.24, 2.45) is 5.92 Å². The van der Waals surface area contributed by atoms with Gasteiger partial charge in [0, 0.05) is 17.8 Å². The lowest BCUT2D eigenvalue weighted by Gasteiger charge is -2.37. The van der Waals surface area contributed by atoms with E-state index in [1.165, 1.54) is 11.8 Å². The fourth-order valence-corrected chi connectivity index (χ4v) is 3.67. The lowest BCUT2D eigenvalue weighted by atomic mass is 9.90. The van der Waals surface area contributed by atoms with Crippen LogP contribution in [0.5, 0.6) is 0 Å². The Labute approximate surface area is 150 Å². The van der Waals surface area contributed by atoms with Crippen LogP contribution in [-0.2, 0) is 16.1 Å². The number of rotatable bonds is 4. The molecule has 9 heteroatoms. The summed E-state index contributed by atoms with van der Waals surface area (Å²) < 4.78 is 38.9. The van der Waals surface area contributed by atoms with Crippen LogP contribution in [0, 0.1) is 19.8 Å². The van der Waals surface area contributed by atoms with E-state index in [4.69, 9.17) is 0 Å². The number of alkyl halides is 3. The van der Waals surface area contributed by atoms with Crippen molar-refractivity contribution in [1.82, 2.24) is 14.7 Å². The number of aliphatic carboxylic acids is 1. The molecule has 0 radical (unpaired) electrons. The molecular formula is C17H24F3N3O3. The Hall–Kier alpha value is -2.06. The molecular weight excluding hydrogens is 351 g/mol. The minimum Gasteiger partial charge on any atom is -0.480 e. The smallest absolute Gasteiger partial charge is 0.408 e. The van der Waals surface area contributed by atoms with E-state index >= 15 is 0 Å². The average Bonchev–Trinajstić information content (AvgIpc) is 2.78. The van der Waals surface area contributed by atoms with Gasteiger partial charge in [-0.25, -0.2) is 4.79 Å². The topological polar surface area (TPSA) is 75.4 Å². The fourth-order valence-electron chi connectivity index (χ4n) is 3.67. The lowest BCUT2D eigenvalue weighted by molar-refractivity contribution is -0.153. The maximum atomic E-state index is 12.9. The van der Waals surface area contributed by atoms with Crippen LogP contribution in [0.2, 0.25) is 0 Å². The highest BCUT2D eigenvalue weighted by atomic mass is 19.4. The maximum Gasteiger partial charge on any atom is 0.408 e. The summed E-state index contributed by atoms with van der Waals surface area (Å²) in [5, 5.41) is 13.4. The fraction of sp³-hybridized carbons (Fsp3) is 0.706. The van der Waals surface area contributed by atoms with E-state index in [0.29, 0.717) is 30.6 Å². The number of hydrogen-bond donors (Lipinski definition) is 1. The molecule has 0 aromatic carbocycles. The van der Waals surface area contributed by atoms with Gasteiger partial charge in [-0.2, -0.15) is 18.3 Å². The van der Waals surface area contributed by atoms with E-state index in [1.807, 2.05) is 6.92 Å². The number of aromatic nitrogens is 2. The molecule has 1 aliphatic rings. The number of hydrogen-bond acceptors (Lipinski definition) is 3. The van der Waals surface area contributed by atoms with E-state index in [2.05, 4.69) is 5.10 Å². The van der Waals surface area contributed by atoms with Crippen LogP contribution in [0.1, 0.15) is 49.6 Å². The molecule has 0 bridgehead atoms. The Morgan fingerprint density at radius 3 is 2.50 bits per heavy atom. The van der Waals surface area contributed by atoms with Crippen LogP contribution >= 0.6 is 0 Å². The predicted octanol–water partition coefficient (Wildman–Crippen LogP) is 2.88. The van der Waals surface area contributed by atoms with E-state index in [9.17, 15) is 27.9 Å². The molecule has 1 fully saturated rings. The summed E-state index contributed by atoms with van der Waals surface area (Å²) in [5.74, 6) is -2.00. The normalized spacial score (nSPS) is 22.3. The van der Waals surface area contributed by atoms with Gasteiger partial charge in [0.15, 0.2) is 0 Å². The predicted molar refractivity (Wildman–Crippen MR) is 87.7 cm³/mol. The summed E-state index contributed by atoms with van der Waals surface area (Å²) in [5.41, 5.74) is 1.06. The van der Waals surface area contributed by atoms with Crippen LogP contribution in [0.4, 0.5) is 13.2 Å². The number of carbonyl (C=O) groups excluding carboxylic acids is 1. The quantitative estimate of drug-likeness (QED) is 0.878. The number of piperidine rings is 1. The number of aryl methyl sites for hydroxylation is 1.